The van der Waals surface area contributed by atoms with Crippen molar-refractivity contribution in [2.24, 2.45) is 5.92 Å². The molecular weight excluding hydrogens is 508 g/mol. The van der Waals surface area contributed by atoms with Crippen molar-refractivity contribution in [1.29, 1.82) is 0 Å². The lowest BCUT2D eigenvalue weighted by Crippen LogP contribution is -2.34. The summed E-state index contributed by atoms with van der Waals surface area (Å²) in [5.41, 5.74) is 4.55. The maximum Gasteiger partial charge on any atom is 0.276 e. The number of anilines is 3. The maximum atomic E-state index is 14.0. The number of benzene rings is 2. The van der Waals surface area contributed by atoms with Crippen LogP contribution in [-0.2, 0) is 17.8 Å². The lowest BCUT2D eigenvalue weighted by molar-refractivity contribution is -0.117. The van der Waals surface area contributed by atoms with Crippen LogP contribution >= 0.6 is 11.3 Å². The number of para-hydroxylation sites is 2. The molecule has 2 aromatic heterocycles. The van der Waals surface area contributed by atoms with Gasteiger partial charge in [-0.05, 0) is 55.2 Å². The maximum absolute atomic E-state index is 14.0. The number of nitrogens with one attached hydrogen (secondary N) is 1. The molecule has 0 bridgehead atoms. The summed E-state index contributed by atoms with van der Waals surface area (Å²) < 4.78 is 5.93. The second-order valence-corrected chi connectivity index (χ2v) is 11.3. The number of ether oxygens (including phenoxy) is 1. The summed E-state index contributed by atoms with van der Waals surface area (Å²) in [4.78, 5) is 36.2. The Hall–Kier alpha value is -4.17. The molecule has 7 nitrogen and oxygen atoms in total. The molecule has 0 unspecified atom stereocenters. The summed E-state index contributed by atoms with van der Waals surface area (Å²) >= 11 is 1.59. The van der Waals surface area contributed by atoms with Gasteiger partial charge in [0.15, 0.2) is 0 Å². The third kappa shape index (κ3) is 4.65. The van der Waals surface area contributed by atoms with Gasteiger partial charge in [0, 0.05) is 35.0 Å². The van der Waals surface area contributed by atoms with Crippen molar-refractivity contribution >= 4 is 39.7 Å². The molecule has 2 amide bonds. The minimum atomic E-state index is -0.117. The molecule has 2 aromatic carbocycles. The summed E-state index contributed by atoms with van der Waals surface area (Å²) in [5.74, 6) is 1.82. The Kier molecular flexibility index (Phi) is 6.04. The molecule has 1 fully saturated rings. The number of hydrogen-bond donors (Lipinski definition) is 1. The van der Waals surface area contributed by atoms with E-state index >= 15 is 0 Å². The number of pyridine rings is 1. The van der Waals surface area contributed by atoms with Crippen LogP contribution in [0.15, 0.2) is 72.8 Å². The Balaban J connectivity index is 1.17. The van der Waals surface area contributed by atoms with Crippen LogP contribution in [0, 0.1) is 5.92 Å². The first-order valence-corrected chi connectivity index (χ1v) is 14.2. The number of aromatic nitrogens is 1. The topological polar surface area (TPSA) is 74.8 Å². The van der Waals surface area contributed by atoms with Gasteiger partial charge < -0.3 is 19.9 Å². The van der Waals surface area contributed by atoms with Crippen molar-refractivity contribution in [3.63, 3.8) is 0 Å². The normalized spacial score (nSPS) is 16.2. The lowest BCUT2D eigenvalue weighted by atomic mass is 10.1. The number of nitrogens with zero attached hydrogens (tertiary/aromatic N) is 3. The van der Waals surface area contributed by atoms with E-state index in [0.29, 0.717) is 38.4 Å². The fourth-order valence-corrected chi connectivity index (χ4v) is 6.46. The number of fused-ring (bicyclic) bond motifs is 4. The van der Waals surface area contributed by atoms with Gasteiger partial charge in [0.05, 0.1) is 17.2 Å². The number of carbonyl (C=O) groups excluding carboxylic acids is 2. The summed E-state index contributed by atoms with van der Waals surface area (Å²) in [5, 5.41) is 3.97. The van der Waals surface area contributed by atoms with E-state index in [1.54, 1.807) is 17.4 Å². The first-order chi connectivity index (χ1) is 19.1. The largest absolute Gasteiger partial charge is 0.491 e. The van der Waals surface area contributed by atoms with Crippen LogP contribution in [-0.4, -0.2) is 36.5 Å². The highest BCUT2D eigenvalue weighted by molar-refractivity contribution is 7.19. The Morgan fingerprint density at radius 3 is 2.69 bits per heavy atom. The van der Waals surface area contributed by atoms with Gasteiger partial charge >= 0.3 is 0 Å². The van der Waals surface area contributed by atoms with Crippen LogP contribution in [0.2, 0.25) is 0 Å². The minimum absolute atomic E-state index is 0.113. The Morgan fingerprint density at radius 2 is 1.79 bits per heavy atom. The van der Waals surface area contributed by atoms with Crippen LogP contribution in [0.1, 0.15) is 34.5 Å². The smallest absolute Gasteiger partial charge is 0.276 e. The summed E-state index contributed by atoms with van der Waals surface area (Å²) in [6.07, 6.45) is 2.65. The molecule has 8 heteroatoms. The van der Waals surface area contributed by atoms with E-state index in [0.717, 1.165) is 56.7 Å². The molecule has 3 aliphatic rings. The summed E-state index contributed by atoms with van der Waals surface area (Å²) in [7, 11) is 0. The van der Waals surface area contributed by atoms with Gasteiger partial charge in [-0.3, -0.25) is 9.59 Å². The van der Waals surface area contributed by atoms with Gasteiger partial charge in [0.2, 0.25) is 5.91 Å². The van der Waals surface area contributed by atoms with E-state index in [2.05, 4.69) is 28.4 Å². The SMILES string of the molecule is O=C(Nc1cc2c(s1)-c1ccccc1N(C(=O)c1cccc(N3CCOc4ccccc4C3)n1)CC2)C1CC1. The molecule has 1 N–H and O–H groups in total. The molecule has 0 saturated heterocycles. The Bertz CT molecular complexity index is 1580. The predicted molar refractivity (Wildman–Crippen MR) is 154 cm³/mol. The monoisotopic (exact) mass is 536 g/mol. The summed E-state index contributed by atoms with van der Waals surface area (Å²) in [6.45, 7) is 2.45. The molecule has 196 valence electrons. The van der Waals surface area contributed by atoms with Gasteiger partial charge in [0.25, 0.3) is 5.91 Å². The van der Waals surface area contributed by atoms with Crippen molar-refractivity contribution in [3.05, 3.63) is 89.6 Å². The fraction of sp³-hybridized carbons (Fsp3) is 0.258. The van der Waals surface area contributed by atoms with Gasteiger partial charge in [-0.25, -0.2) is 4.98 Å². The number of amides is 2. The molecule has 4 heterocycles. The van der Waals surface area contributed by atoms with Gasteiger partial charge in [-0.2, -0.15) is 0 Å². The molecule has 1 aliphatic carbocycles. The average molecular weight is 537 g/mol. The quantitative estimate of drug-likeness (QED) is 0.359. The molecule has 2 aliphatic heterocycles. The highest BCUT2D eigenvalue weighted by Crippen LogP contribution is 2.44. The first kappa shape index (κ1) is 23.9. The molecular formula is C31H28N4O3S. The van der Waals surface area contributed by atoms with Crippen LogP contribution in [0.5, 0.6) is 5.75 Å². The zero-order valence-electron chi connectivity index (χ0n) is 21.4. The predicted octanol–water partition coefficient (Wildman–Crippen LogP) is 5.76. The average Bonchev–Trinajstić information content (AvgIpc) is 3.79. The fourth-order valence-electron chi connectivity index (χ4n) is 5.32. The van der Waals surface area contributed by atoms with Crippen molar-refractivity contribution in [1.82, 2.24) is 4.98 Å². The van der Waals surface area contributed by atoms with E-state index in [1.807, 2.05) is 53.4 Å². The van der Waals surface area contributed by atoms with E-state index in [9.17, 15) is 9.59 Å². The highest BCUT2D eigenvalue weighted by atomic mass is 32.1. The molecule has 0 radical (unpaired) electrons. The van der Waals surface area contributed by atoms with Gasteiger partial charge in [-0.1, -0.05) is 42.5 Å². The molecule has 4 aromatic rings. The van der Waals surface area contributed by atoms with Crippen LogP contribution < -0.4 is 19.9 Å². The number of hydrogen-bond acceptors (Lipinski definition) is 6. The minimum Gasteiger partial charge on any atom is -0.491 e. The number of carbonyl (C=O) groups is 2. The van der Waals surface area contributed by atoms with Crippen molar-refractivity contribution in [2.45, 2.75) is 25.8 Å². The second kappa shape index (κ2) is 9.85. The highest BCUT2D eigenvalue weighted by Gasteiger charge is 2.31. The molecule has 0 atom stereocenters. The zero-order chi connectivity index (χ0) is 26.3. The van der Waals surface area contributed by atoms with Crippen LogP contribution in [0.4, 0.5) is 16.5 Å². The second-order valence-electron chi connectivity index (χ2n) is 10.2. The van der Waals surface area contributed by atoms with Crippen molar-refractivity contribution < 1.29 is 14.3 Å². The zero-order valence-corrected chi connectivity index (χ0v) is 22.2. The van der Waals surface area contributed by atoms with E-state index in [4.69, 9.17) is 9.72 Å². The van der Waals surface area contributed by atoms with Crippen LogP contribution in [0.25, 0.3) is 10.4 Å². The van der Waals surface area contributed by atoms with Crippen molar-refractivity contribution in [3.8, 4) is 16.2 Å². The molecule has 7 rings (SSSR count). The van der Waals surface area contributed by atoms with Crippen molar-refractivity contribution in [2.75, 3.05) is 34.8 Å². The van der Waals surface area contributed by atoms with Crippen LogP contribution in [0.3, 0.4) is 0 Å². The molecule has 39 heavy (non-hydrogen) atoms. The van der Waals surface area contributed by atoms with E-state index in [-0.39, 0.29) is 17.7 Å². The van der Waals surface area contributed by atoms with E-state index < -0.39 is 0 Å². The lowest BCUT2D eigenvalue weighted by Gasteiger charge is -2.24. The Morgan fingerprint density at radius 1 is 0.949 bits per heavy atom. The summed E-state index contributed by atoms with van der Waals surface area (Å²) in [6, 6.07) is 23.8. The molecule has 1 saturated carbocycles. The van der Waals surface area contributed by atoms with Gasteiger partial charge in [-0.15, -0.1) is 11.3 Å². The number of thiophene rings is 1. The standard InChI is InChI=1S/C31H28N4O3S/c36-30(20-12-13-20)33-28-18-21-14-15-35(25-9-3-2-7-23(25)29(21)39-28)31(37)24-8-5-11-27(32-24)34-16-17-38-26-10-4-1-6-22(26)19-34/h1-11,18,20H,12-17,19H2,(H,33,36). The third-order valence-electron chi connectivity index (χ3n) is 7.52. The third-order valence-corrected chi connectivity index (χ3v) is 8.65. The Labute approximate surface area is 231 Å². The molecule has 0 spiro atoms. The van der Waals surface area contributed by atoms with E-state index in [1.165, 1.54) is 0 Å². The number of rotatable bonds is 4. The van der Waals surface area contributed by atoms with Gasteiger partial charge in [0.1, 0.15) is 23.9 Å². The first-order valence-electron chi connectivity index (χ1n) is 13.4.